The van der Waals surface area contributed by atoms with Gasteiger partial charge in [-0.05, 0) is 56.2 Å². The number of ether oxygens (including phenoxy) is 1. The summed E-state index contributed by atoms with van der Waals surface area (Å²) in [5, 5.41) is 8.92. The van der Waals surface area contributed by atoms with Gasteiger partial charge in [-0.1, -0.05) is 18.2 Å². The number of halogens is 3. The van der Waals surface area contributed by atoms with Crippen molar-refractivity contribution in [1.29, 1.82) is 5.26 Å². The Morgan fingerprint density at radius 1 is 1.07 bits per heavy atom. The summed E-state index contributed by atoms with van der Waals surface area (Å²) in [5.74, 6) is -4.49. The highest BCUT2D eigenvalue weighted by atomic mass is 19.3. The van der Waals surface area contributed by atoms with Crippen LogP contribution in [0.5, 0.6) is 0 Å². The number of hydrogen-bond acceptors (Lipinski definition) is 4. The predicted molar refractivity (Wildman–Crippen MR) is 101 cm³/mol. The molecule has 0 amide bonds. The Kier molecular flexibility index (Phi) is 4.72. The number of alkyl halides is 2. The van der Waals surface area contributed by atoms with E-state index in [0.717, 1.165) is 13.0 Å². The van der Waals surface area contributed by atoms with Crippen LogP contribution >= 0.6 is 0 Å². The monoisotopic (exact) mass is 387 g/mol. The van der Waals surface area contributed by atoms with Crippen LogP contribution in [0.1, 0.15) is 31.9 Å². The molecular formula is C21H20F3N3O. The Bertz CT molecular complexity index is 977. The fourth-order valence-electron chi connectivity index (χ4n) is 3.37. The van der Waals surface area contributed by atoms with Crippen LogP contribution in [0, 0.1) is 17.1 Å². The van der Waals surface area contributed by atoms with Gasteiger partial charge in [0.15, 0.2) is 5.54 Å². The molecule has 146 valence electrons. The van der Waals surface area contributed by atoms with Gasteiger partial charge in [-0.3, -0.25) is 4.99 Å². The molecule has 2 aromatic rings. The third-order valence-corrected chi connectivity index (χ3v) is 5.15. The first-order chi connectivity index (χ1) is 13.0. The molecule has 0 aliphatic carbocycles. The zero-order chi connectivity index (χ0) is 20.7. The third-order valence-electron chi connectivity index (χ3n) is 5.15. The van der Waals surface area contributed by atoms with E-state index < -0.39 is 22.9 Å². The van der Waals surface area contributed by atoms with Gasteiger partial charge in [0.25, 0.3) is 0 Å². The molecule has 0 bridgehead atoms. The molecule has 28 heavy (non-hydrogen) atoms. The minimum atomic E-state index is -3.55. The molecule has 1 aliphatic heterocycles. The van der Waals surface area contributed by atoms with E-state index in [-0.39, 0.29) is 18.0 Å². The van der Waals surface area contributed by atoms with Crippen LogP contribution < -0.4 is 5.73 Å². The number of nitriles is 1. The smallest absolute Gasteiger partial charge is 0.304 e. The summed E-state index contributed by atoms with van der Waals surface area (Å²) in [7, 11) is 0. The molecule has 2 aromatic carbocycles. The van der Waals surface area contributed by atoms with Gasteiger partial charge in [0, 0.05) is 5.56 Å². The summed E-state index contributed by atoms with van der Waals surface area (Å²) in [6, 6.07) is 12.5. The quantitative estimate of drug-likeness (QED) is 0.831. The molecular weight excluding hydrogens is 367 g/mol. The summed E-state index contributed by atoms with van der Waals surface area (Å²) >= 11 is 0. The Morgan fingerprint density at radius 3 is 2.29 bits per heavy atom. The zero-order valence-corrected chi connectivity index (χ0v) is 15.8. The van der Waals surface area contributed by atoms with Crippen LogP contribution in [-0.4, -0.2) is 24.0 Å². The van der Waals surface area contributed by atoms with E-state index in [9.17, 15) is 4.39 Å². The van der Waals surface area contributed by atoms with Gasteiger partial charge in [-0.15, -0.1) is 0 Å². The van der Waals surface area contributed by atoms with Gasteiger partial charge in [-0.25, -0.2) is 13.2 Å². The molecule has 0 fully saturated rings. The summed E-state index contributed by atoms with van der Waals surface area (Å²) in [5.41, 5.74) is 2.96. The maximum Gasteiger partial charge on any atom is 0.304 e. The number of rotatable bonds is 2. The number of nitrogens with zero attached hydrogens (tertiary/aromatic N) is 2. The van der Waals surface area contributed by atoms with E-state index in [1.807, 2.05) is 6.07 Å². The lowest BCUT2D eigenvalue weighted by Crippen LogP contribution is -2.56. The highest BCUT2D eigenvalue weighted by Crippen LogP contribution is 2.51. The van der Waals surface area contributed by atoms with Gasteiger partial charge in [-0.2, -0.15) is 5.26 Å². The largest absolute Gasteiger partial charge is 0.385 e. The van der Waals surface area contributed by atoms with Gasteiger partial charge in [0.2, 0.25) is 0 Å². The molecule has 0 aromatic heterocycles. The number of amidine groups is 1. The molecule has 0 radical (unpaired) electrons. The molecule has 0 unspecified atom stereocenters. The molecule has 1 heterocycles. The average molecular weight is 387 g/mol. The minimum absolute atomic E-state index is 0.129. The summed E-state index contributed by atoms with van der Waals surface area (Å²) < 4.78 is 51.0. The van der Waals surface area contributed by atoms with E-state index in [0.29, 0.717) is 16.7 Å². The van der Waals surface area contributed by atoms with E-state index >= 15 is 8.78 Å². The van der Waals surface area contributed by atoms with Gasteiger partial charge in [0.1, 0.15) is 23.9 Å². The summed E-state index contributed by atoms with van der Waals surface area (Å²) in [4.78, 5) is 3.99. The third kappa shape index (κ3) is 3.04. The first-order valence-electron chi connectivity index (χ1n) is 8.68. The second-order valence-corrected chi connectivity index (χ2v) is 7.43. The van der Waals surface area contributed by atoms with E-state index in [1.165, 1.54) is 26.0 Å². The molecule has 0 spiro atoms. The molecule has 2 N–H and O–H groups in total. The molecule has 0 saturated carbocycles. The lowest BCUT2D eigenvalue weighted by Gasteiger charge is -2.42. The Hall–Kier alpha value is -2.85. The fourth-order valence-corrected chi connectivity index (χ4v) is 3.37. The van der Waals surface area contributed by atoms with E-state index in [1.54, 1.807) is 24.3 Å². The second kappa shape index (κ2) is 6.64. The minimum Gasteiger partial charge on any atom is -0.385 e. The van der Waals surface area contributed by atoms with Gasteiger partial charge in [0.05, 0.1) is 11.6 Å². The van der Waals surface area contributed by atoms with Gasteiger partial charge >= 0.3 is 5.92 Å². The highest BCUT2D eigenvalue weighted by molar-refractivity contribution is 5.82. The Balaban J connectivity index is 2.20. The average Bonchev–Trinajstić information content (AvgIpc) is 2.71. The topological polar surface area (TPSA) is 71.4 Å². The summed E-state index contributed by atoms with van der Waals surface area (Å²) in [6.07, 6.45) is 0. The number of hydrogen-bond donors (Lipinski definition) is 1. The zero-order valence-electron chi connectivity index (χ0n) is 15.8. The molecule has 1 atom stereocenters. The van der Waals surface area contributed by atoms with Gasteiger partial charge < -0.3 is 10.5 Å². The number of nitrogens with two attached hydrogens (primary N) is 1. The van der Waals surface area contributed by atoms with Crippen molar-refractivity contribution in [3.8, 4) is 17.2 Å². The van der Waals surface area contributed by atoms with Crippen LogP contribution in [0.15, 0.2) is 47.5 Å². The number of aliphatic imine (C=N–C) groups is 1. The van der Waals surface area contributed by atoms with Crippen molar-refractivity contribution < 1.29 is 17.9 Å². The normalized spacial score (nSPS) is 23.4. The lowest BCUT2D eigenvalue weighted by molar-refractivity contribution is -0.214. The van der Waals surface area contributed by atoms with Crippen molar-refractivity contribution in [3.63, 3.8) is 0 Å². The maximum absolute atomic E-state index is 15.5. The van der Waals surface area contributed by atoms with Crippen LogP contribution in [-0.2, 0) is 10.3 Å². The van der Waals surface area contributed by atoms with Crippen molar-refractivity contribution in [1.82, 2.24) is 0 Å². The van der Waals surface area contributed by atoms with Crippen LogP contribution in [0.2, 0.25) is 0 Å². The van der Waals surface area contributed by atoms with Crippen LogP contribution in [0.3, 0.4) is 0 Å². The van der Waals surface area contributed by atoms with Crippen molar-refractivity contribution in [3.05, 3.63) is 59.4 Å². The fraction of sp³-hybridized carbons (Fsp3) is 0.333. The first-order valence-corrected chi connectivity index (χ1v) is 8.68. The van der Waals surface area contributed by atoms with Crippen molar-refractivity contribution in [2.75, 3.05) is 6.61 Å². The standard InChI is InChI=1S/C21H20F3N3O/c1-19(2)21(23,24)20(3,27-18(26)12-28-19)16-10-15(8-9-17(16)22)14-6-4-13(11-25)5-7-14/h4-10H,12H2,1-3H3,(H2,26,27)/t20-/m1/s1. The molecule has 1 aliphatic rings. The summed E-state index contributed by atoms with van der Waals surface area (Å²) in [6.45, 7) is 3.37. The maximum atomic E-state index is 15.5. The van der Waals surface area contributed by atoms with Crippen molar-refractivity contribution in [2.24, 2.45) is 10.7 Å². The molecule has 7 heteroatoms. The number of benzene rings is 2. The predicted octanol–water partition coefficient (Wildman–Crippen LogP) is 4.38. The molecule has 4 nitrogen and oxygen atoms in total. The SMILES string of the molecule is CC1(C)OCC(N)=N[C@](C)(c2cc(-c3ccc(C#N)cc3)ccc2F)C1(F)F. The van der Waals surface area contributed by atoms with Crippen molar-refractivity contribution in [2.45, 2.75) is 37.8 Å². The molecule has 0 saturated heterocycles. The Labute approximate surface area is 161 Å². The van der Waals surface area contributed by atoms with Crippen molar-refractivity contribution >= 4 is 5.84 Å². The van der Waals surface area contributed by atoms with Crippen LogP contribution in [0.25, 0.3) is 11.1 Å². The molecule has 3 rings (SSSR count). The second-order valence-electron chi connectivity index (χ2n) is 7.43. The van der Waals surface area contributed by atoms with E-state index in [4.69, 9.17) is 15.7 Å². The first kappa shape index (κ1) is 19.9. The highest BCUT2D eigenvalue weighted by Gasteiger charge is 2.63. The van der Waals surface area contributed by atoms with E-state index in [2.05, 4.69) is 4.99 Å². The lowest BCUT2D eigenvalue weighted by atomic mass is 9.77. The Morgan fingerprint density at radius 2 is 1.68 bits per heavy atom. The van der Waals surface area contributed by atoms with Crippen LogP contribution in [0.4, 0.5) is 13.2 Å².